The number of aromatic nitrogens is 2. The van der Waals surface area contributed by atoms with Gasteiger partial charge in [0.2, 0.25) is 0 Å². The minimum Gasteiger partial charge on any atom is -0.372 e. The lowest BCUT2D eigenvalue weighted by atomic mass is 9.99. The van der Waals surface area contributed by atoms with Crippen LogP contribution in [0.3, 0.4) is 0 Å². The molecule has 1 N–H and O–H groups in total. The Morgan fingerprint density at radius 2 is 2.17 bits per heavy atom. The maximum atomic E-state index is 5.96. The zero-order valence-electron chi connectivity index (χ0n) is 13.7. The molecule has 1 saturated heterocycles. The van der Waals surface area contributed by atoms with E-state index >= 15 is 0 Å². The number of hydrogen-bond acceptors (Lipinski definition) is 3. The molecule has 2 aromatic rings. The van der Waals surface area contributed by atoms with Crippen LogP contribution in [0.25, 0.3) is 6.08 Å². The predicted molar refractivity (Wildman–Crippen MR) is 93.0 cm³/mol. The lowest BCUT2D eigenvalue weighted by Crippen LogP contribution is -2.26. The van der Waals surface area contributed by atoms with E-state index in [0.29, 0.717) is 5.92 Å². The number of hydrogen-bond donors (Lipinski definition) is 1. The summed E-state index contributed by atoms with van der Waals surface area (Å²) in [6, 6.07) is 12.5. The maximum absolute atomic E-state index is 5.96. The minimum atomic E-state index is 0.169. The normalized spacial score (nSPS) is 21.3. The molecular weight excluding hydrogens is 286 g/mol. The van der Waals surface area contributed by atoms with Gasteiger partial charge in [0.25, 0.3) is 0 Å². The van der Waals surface area contributed by atoms with Gasteiger partial charge in [-0.05, 0) is 25.0 Å². The highest BCUT2D eigenvalue weighted by atomic mass is 16.5. The number of ether oxygens (including phenoxy) is 1. The Kier molecular flexibility index (Phi) is 5.61. The molecule has 2 heterocycles. The van der Waals surface area contributed by atoms with Crippen LogP contribution < -0.4 is 5.32 Å². The van der Waals surface area contributed by atoms with E-state index < -0.39 is 0 Å². The zero-order chi connectivity index (χ0) is 15.9. The fourth-order valence-corrected chi connectivity index (χ4v) is 3.13. The highest BCUT2D eigenvalue weighted by Gasteiger charge is 2.31. The van der Waals surface area contributed by atoms with Crippen LogP contribution in [0.5, 0.6) is 0 Å². The van der Waals surface area contributed by atoms with Crippen molar-refractivity contribution in [2.45, 2.75) is 26.0 Å². The molecule has 1 aliphatic heterocycles. The van der Waals surface area contributed by atoms with Crippen molar-refractivity contribution < 1.29 is 4.74 Å². The van der Waals surface area contributed by atoms with Crippen molar-refractivity contribution in [3.63, 3.8) is 0 Å². The van der Waals surface area contributed by atoms with E-state index in [-0.39, 0.29) is 6.10 Å². The molecule has 0 unspecified atom stereocenters. The van der Waals surface area contributed by atoms with Crippen LogP contribution in [0, 0.1) is 5.92 Å². The third-order valence-corrected chi connectivity index (χ3v) is 4.33. The Morgan fingerprint density at radius 1 is 1.30 bits per heavy atom. The second kappa shape index (κ2) is 8.09. The Bertz CT molecular complexity index is 621. The van der Waals surface area contributed by atoms with Crippen LogP contribution in [0.2, 0.25) is 0 Å². The van der Waals surface area contributed by atoms with E-state index in [4.69, 9.17) is 4.74 Å². The second-order valence-corrected chi connectivity index (χ2v) is 5.88. The molecule has 1 aromatic carbocycles. The van der Waals surface area contributed by atoms with Gasteiger partial charge in [-0.1, -0.05) is 42.5 Å². The second-order valence-electron chi connectivity index (χ2n) is 5.88. The predicted octanol–water partition coefficient (Wildman–Crippen LogP) is 3.28. The summed E-state index contributed by atoms with van der Waals surface area (Å²) in [7, 11) is 0. The average molecular weight is 311 g/mol. The van der Waals surface area contributed by atoms with Gasteiger partial charge in [0.15, 0.2) is 0 Å². The van der Waals surface area contributed by atoms with Gasteiger partial charge < -0.3 is 10.1 Å². The number of nitrogens with one attached hydrogen (secondary N) is 1. The molecule has 0 saturated carbocycles. The monoisotopic (exact) mass is 311 g/mol. The van der Waals surface area contributed by atoms with Crippen LogP contribution in [0.4, 0.5) is 0 Å². The minimum absolute atomic E-state index is 0.169. The summed E-state index contributed by atoms with van der Waals surface area (Å²) >= 11 is 0. The molecule has 0 aliphatic carbocycles. The lowest BCUT2D eigenvalue weighted by Gasteiger charge is -2.19. The van der Waals surface area contributed by atoms with Crippen LogP contribution in [0.1, 0.15) is 30.7 Å². The van der Waals surface area contributed by atoms with E-state index in [0.717, 1.165) is 32.7 Å². The summed E-state index contributed by atoms with van der Waals surface area (Å²) in [6.45, 7) is 5.70. The summed E-state index contributed by atoms with van der Waals surface area (Å²) in [6.07, 6.45) is 7.48. The standard InChI is InChI=1S/C19H25N3O/c1-2-22-18(10-13-21-22)19-17(11-14-23-19)15-20-12-6-9-16-7-4-3-5-8-16/h3-10,13,17,19-20H,2,11-12,14-15H2,1H3/b9-6+/t17-,19+/m0/s1. The van der Waals surface area contributed by atoms with Gasteiger partial charge in [-0.25, -0.2) is 0 Å². The first-order valence-corrected chi connectivity index (χ1v) is 8.44. The molecule has 4 heteroatoms. The molecule has 0 spiro atoms. The molecule has 0 bridgehead atoms. The number of aryl methyl sites for hydroxylation is 1. The van der Waals surface area contributed by atoms with Crippen molar-refractivity contribution in [1.29, 1.82) is 0 Å². The first-order valence-electron chi connectivity index (χ1n) is 8.44. The van der Waals surface area contributed by atoms with Crippen molar-refractivity contribution in [3.05, 3.63) is 59.9 Å². The van der Waals surface area contributed by atoms with Crippen molar-refractivity contribution in [3.8, 4) is 0 Å². The van der Waals surface area contributed by atoms with Gasteiger partial charge in [-0.3, -0.25) is 4.68 Å². The molecule has 4 nitrogen and oxygen atoms in total. The van der Waals surface area contributed by atoms with Gasteiger partial charge in [0, 0.05) is 38.4 Å². The average Bonchev–Trinajstić information content (AvgIpc) is 3.23. The van der Waals surface area contributed by atoms with Crippen molar-refractivity contribution in [1.82, 2.24) is 15.1 Å². The summed E-state index contributed by atoms with van der Waals surface area (Å²) in [5.41, 5.74) is 2.44. The van der Waals surface area contributed by atoms with Crippen LogP contribution >= 0.6 is 0 Å². The quantitative estimate of drug-likeness (QED) is 0.798. The molecule has 23 heavy (non-hydrogen) atoms. The lowest BCUT2D eigenvalue weighted by molar-refractivity contribution is 0.0833. The first-order chi connectivity index (χ1) is 11.4. The Labute approximate surface area is 138 Å². The van der Waals surface area contributed by atoms with Crippen molar-refractivity contribution in [2.75, 3.05) is 19.7 Å². The Morgan fingerprint density at radius 3 is 3.00 bits per heavy atom. The van der Waals surface area contributed by atoms with Crippen molar-refractivity contribution >= 4 is 6.08 Å². The number of benzene rings is 1. The van der Waals surface area contributed by atoms with Gasteiger partial charge in [-0.15, -0.1) is 0 Å². The molecule has 0 radical (unpaired) electrons. The third kappa shape index (κ3) is 4.09. The van der Waals surface area contributed by atoms with E-state index in [1.54, 1.807) is 0 Å². The first kappa shape index (κ1) is 16.0. The largest absolute Gasteiger partial charge is 0.372 e. The fourth-order valence-electron chi connectivity index (χ4n) is 3.13. The molecule has 122 valence electrons. The highest BCUT2D eigenvalue weighted by Crippen LogP contribution is 2.33. The summed E-state index contributed by atoms with van der Waals surface area (Å²) in [4.78, 5) is 0. The van der Waals surface area contributed by atoms with Crippen LogP contribution in [-0.2, 0) is 11.3 Å². The maximum Gasteiger partial charge on any atom is 0.103 e. The molecule has 0 amide bonds. The molecule has 1 aromatic heterocycles. The van der Waals surface area contributed by atoms with E-state index in [1.807, 2.05) is 16.9 Å². The molecule has 1 aliphatic rings. The summed E-state index contributed by atoms with van der Waals surface area (Å²) in [5, 5.41) is 7.89. The van der Waals surface area contributed by atoms with E-state index in [2.05, 4.69) is 59.8 Å². The van der Waals surface area contributed by atoms with Gasteiger partial charge >= 0.3 is 0 Å². The van der Waals surface area contributed by atoms with Crippen LogP contribution in [-0.4, -0.2) is 29.5 Å². The smallest absolute Gasteiger partial charge is 0.103 e. The van der Waals surface area contributed by atoms with Crippen molar-refractivity contribution in [2.24, 2.45) is 5.92 Å². The Hall–Kier alpha value is -1.91. The Balaban J connectivity index is 1.49. The van der Waals surface area contributed by atoms with Crippen LogP contribution in [0.15, 0.2) is 48.7 Å². The zero-order valence-corrected chi connectivity index (χ0v) is 13.7. The topological polar surface area (TPSA) is 39.1 Å². The fraction of sp³-hybridized carbons (Fsp3) is 0.421. The number of nitrogens with zero attached hydrogens (tertiary/aromatic N) is 2. The van der Waals surface area contributed by atoms with Gasteiger partial charge in [-0.2, -0.15) is 5.10 Å². The summed E-state index contributed by atoms with van der Waals surface area (Å²) in [5.74, 6) is 0.516. The van der Waals surface area contributed by atoms with Gasteiger partial charge in [0.1, 0.15) is 6.10 Å². The SMILES string of the molecule is CCn1nccc1[C@@H]1OCC[C@H]1CNC/C=C/c1ccccc1. The molecule has 3 rings (SSSR count). The molecule has 1 fully saturated rings. The van der Waals surface area contributed by atoms with E-state index in [9.17, 15) is 0 Å². The molecular formula is C19H25N3O. The van der Waals surface area contributed by atoms with E-state index in [1.165, 1.54) is 11.3 Å². The van der Waals surface area contributed by atoms with Gasteiger partial charge in [0.05, 0.1) is 5.69 Å². The highest BCUT2D eigenvalue weighted by molar-refractivity contribution is 5.48. The molecule has 2 atom stereocenters. The number of rotatable bonds is 7. The summed E-state index contributed by atoms with van der Waals surface area (Å²) < 4.78 is 8.00. The third-order valence-electron chi connectivity index (χ3n) is 4.33.